The smallest absolute Gasteiger partial charge is 0.241 e. The number of anilines is 1. The zero-order valence-electron chi connectivity index (χ0n) is 10.1. The van der Waals surface area contributed by atoms with Crippen LogP contribution in [-0.2, 0) is 4.79 Å². The number of aromatic hydroxyl groups is 1. The van der Waals surface area contributed by atoms with Crippen LogP contribution in [0.5, 0.6) is 5.75 Å². The maximum absolute atomic E-state index is 11.7. The standard InChI is InChI=1S/C12H18N2O2/c1-7-6-11(15)8(2)5-10(7)14-12(16)9(3)13-4/h5-6,9,13,15H,1-4H3,(H,14,16). The summed E-state index contributed by atoms with van der Waals surface area (Å²) in [5.41, 5.74) is 2.33. The molecule has 0 fully saturated rings. The van der Waals surface area contributed by atoms with Gasteiger partial charge in [-0.3, -0.25) is 4.79 Å². The average Bonchev–Trinajstić information content (AvgIpc) is 2.24. The van der Waals surface area contributed by atoms with E-state index in [1.807, 2.05) is 6.92 Å². The molecule has 1 amide bonds. The van der Waals surface area contributed by atoms with Crippen LogP contribution in [0.1, 0.15) is 18.1 Å². The van der Waals surface area contributed by atoms with Crippen LogP contribution in [0.3, 0.4) is 0 Å². The largest absolute Gasteiger partial charge is 0.508 e. The normalized spacial score (nSPS) is 12.2. The van der Waals surface area contributed by atoms with Gasteiger partial charge in [-0.15, -0.1) is 0 Å². The fourth-order valence-corrected chi connectivity index (χ4v) is 1.31. The Morgan fingerprint density at radius 1 is 1.31 bits per heavy atom. The fraction of sp³-hybridized carbons (Fsp3) is 0.417. The van der Waals surface area contributed by atoms with Gasteiger partial charge in [0.15, 0.2) is 0 Å². The number of aryl methyl sites for hydroxylation is 2. The molecule has 88 valence electrons. The lowest BCUT2D eigenvalue weighted by molar-refractivity contribution is -0.117. The summed E-state index contributed by atoms with van der Waals surface area (Å²) in [6, 6.07) is 3.17. The van der Waals surface area contributed by atoms with Crippen LogP contribution in [0.25, 0.3) is 0 Å². The summed E-state index contributed by atoms with van der Waals surface area (Å²) in [5.74, 6) is 0.160. The van der Waals surface area contributed by atoms with Crippen molar-refractivity contribution in [2.75, 3.05) is 12.4 Å². The van der Waals surface area contributed by atoms with Gasteiger partial charge in [-0.05, 0) is 51.1 Å². The van der Waals surface area contributed by atoms with E-state index in [-0.39, 0.29) is 17.7 Å². The van der Waals surface area contributed by atoms with Crippen molar-refractivity contribution in [3.05, 3.63) is 23.3 Å². The summed E-state index contributed by atoms with van der Waals surface area (Å²) in [6.07, 6.45) is 0. The number of hydrogen-bond acceptors (Lipinski definition) is 3. The number of hydrogen-bond donors (Lipinski definition) is 3. The minimum atomic E-state index is -0.242. The summed E-state index contributed by atoms with van der Waals surface area (Å²) in [5, 5.41) is 15.2. The van der Waals surface area contributed by atoms with Crippen molar-refractivity contribution < 1.29 is 9.90 Å². The predicted molar refractivity (Wildman–Crippen MR) is 64.7 cm³/mol. The summed E-state index contributed by atoms with van der Waals surface area (Å²) >= 11 is 0. The average molecular weight is 222 g/mol. The van der Waals surface area contributed by atoms with Crippen molar-refractivity contribution in [2.45, 2.75) is 26.8 Å². The highest BCUT2D eigenvalue weighted by atomic mass is 16.3. The highest BCUT2D eigenvalue weighted by Gasteiger charge is 2.12. The van der Waals surface area contributed by atoms with E-state index in [4.69, 9.17) is 0 Å². The molecule has 4 heteroatoms. The third-order valence-electron chi connectivity index (χ3n) is 2.63. The van der Waals surface area contributed by atoms with Gasteiger partial charge >= 0.3 is 0 Å². The first-order chi connectivity index (χ1) is 7.45. The van der Waals surface area contributed by atoms with Gasteiger partial charge in [-0.25, -0.2) is 0 Å². The van der Waals surface area contributed by atoms with Crippen LogP contribution in [-0.4, -0.2) is 24.1 Å². The molecule has 0 spiro atoms. The zero-order chi connectivity index (χ0) is 12.3. The molecule has 0 bridgehead atoms. The van der Waals surface area contributed by atoms with E-state index in [0.717, 1.165) is 16.8 Å². The number of rotatable bonds is 3. The molecule has 1 aromatic carbocycles. The van der Waals surface area contributed by atoms with Crippen molar-refractivity contribution in [3.8, 4) is 5.75 Å². The summed E-state index contributed by atoms with van der Waals surface area (Å²) in [6.45, 7) is 5.43. The third kappa shape index (κ3) is 2.73. The molecule has 0 aliphatic rings. The number of amides is 1. The second-order valence-electron chi connectivity index (χ2n) is 3.95. The topological polar surface area (TPSA) is 61.4 Å². The van der Waals surface area contributed by atoms with E-state index in [2.05, 4.69) is 10.6 Å². The quantitative estimate of drug-likeness (QED) is 0.680. The number of nitrogens with one attached hydrogen (secondary N) is 2. The van der Waals surface area contributed by atoms with E-state index in [0.29, 0.717) is 0 Å². The van der Waals surface area contributed by atoms with Crippen molar-refractivity contribution >= 4 is 11.6 Å². The van der Waals surface area contributed by atoms with Gasteiger partial charge in [0.25, 0.3) is 0 Å². The molecule has 1 rings (SSSR count). The molecule has 0 aromatic heterocycles. The van der Waals surface area contributed by atoms with E-state index in [9.17, 15) is 9.90 Å². The Bertz CT molecular complexity index is 402. The highest BCUT2D eigenvalue weighted by molar-refractivity contribution is 5.95. The van der Waals surface area contributed by atoms with Crippen molar-refractivity contribution in [1.82, 2.24) is 5.32 Å². The molecule has 0 radical (unpaired) electrons. The molecular weight excluding hydrogens is 204 g/mol. The minimum absolute atomic E-state index is 0.0873. The molecule has 3 N–H and O–H groups in total. The molecule has 0 saturated carbocycles. The summed E-state index contributed by atoms with van der Waals surface area (Å²) in [4.78, 5) is 11.7. The maximum atomic E-state index is 11.7. The lowest BCUT2D eigenvalue weighted by Crippen LogP contribution is -2.35. The SMILES string of the molecule is CNC(C)C(=O)Nc1cc(C)c(O)cc1C. The Morgan fingerprint density at radius 2 is 1.94 bits per heavy atom. The summed E-state index contributed by atoms with van der Waals surface area (Å²) in [7, 11) is 1.74. The fourth-order valence-electron chi connectivity index (χ4n) is 1.31. The van der Waals surface area contributed by atoms with Crippen molar-refractivity contribution in [3.63, 3.8) is 0 Å². The van der Waals surface area contributed by atoms with Crippen molar-refractivity contribution in [2.24, 2.45) is 0 Å². The first-order valence-corrected chi connectivity index (χ1v) is 5.24. The monoisotopic (exact) mass is 222 g/mol. The Hall–Kier alpha value is -1.55. The number of carbonyl (C=O) groups is 1. The Morgan fingerprint density at radius 3 is 2.50 bits per heavy atom. The lowest BCUT2D eigenvalue weighted by Gasteiger charge is -2.14. The zero-order valence-corrected chi connectivity index (χ0v) is 10.1. The van der Waals surface area contributed by atoms with E-state index in [1.54, 1.807) is 33.0 Å². The number of phenolic OH excluding ortho intramolecular Hbond substituents is 1. The van der Waals surface area contributed by atoms with Gasteiger partial charge in [0, 0.05) is 5.69 Å². The van der Waals surface area contributed by atoms with E-state index in [1.165, 1.54) is 0 Å². The first kappa shape index (κ1) is 12.5. The van der Waals surface area contributed by atoms with Gasteiger partial charge in [-0.2, -0.15) is 0 Å². The Labute approximate surface area is 95.7 Å². The molecule has 16 heavy (non-hydrogen) atoms. The summed E-state index contributed by atoms with van der Waals surface area (Å²) < 4.78 is 0. The molecule has 0 heterocycles. The maximum Gasteiger partial charge on any atom is 0.241 e. The van der Waals surface area contributed by atoms with Crippen LogP contribution in [0.4, 0.5) is 5.69 Å². The molecule has 0 aliphatic heterocycles. The van der Waals surface area contributed by atoms with Crippen LogP contribution >= 0.6 is 0 Å². The van der Waals surface area contributed by atoms with Gasteiger partial charge in [0.2, 0.25) is 5.91 Å². The number of likely N-dealkylation sites (N-methyl/N-ethyl adjacent to an activating group) is 1. The predicted octanol–water partition coefficient (Wildman–Crippen LogP) is 1.56. The molecule has 1 unspecified atom stereocenters. The minimum Gasteiger partial charge on any atom is -0.508 e. The molecule has 0 aliphatic carbocycles. The third-order valence-corrected chi connectivity index (χ3v) is 2.63. The Kier molecular flexibility index (Phi) is 3.90. The van der Waals surface area contributed by atoms with Crippen molar-refractivity contribution in [1.29, 1.82) is 0 Å². The highest BCUT2D eigenvalue weighted by Crippen LogP contribution is 2.24. The molecule has 4 nitrogen and oxygen atoms in total. The van der Waals surface area contributed by atoms with E-state index < -0.39 is 0 Å². The van der Waals surface area contributed by atoms with Crippen LogP contribution < -0.4 is 10.6 Å². The lowest BCUT2D eigenvalue weighted by atomic mass is 10.1. The van der Waals surface area contributed by atoms with Gasteiger partial charge in [0.05, 0.1) is 6.04 Å². The molecule has 0 saturated heterocycles. The number of carbonyl (C=O) groups excluding carboxylic acids is 1. The van der Waals surface area contributed by atoms with Crippen LogP contribution in [0.15, 0.2) is 12.1 Å². The van der Waals surface area contributed by atoms with Gasteiger partial charge < -0.3 is 15.7 Å². The van der Waals surface area contributed by atoms with Gasteiger partial charge in [0.1, 0.15) is 5.75 Å². The molecule has 1 atom stereocenters. The number of benzene rings is 1. The number of phenols is 1. The van der Waals surface area contributed by atoms with Crippen LogP contribution in [0.2, 0.25) is 0 Å². The second-order valence-corrected chi connectivity index (χ2v) is 3.95. The Balaban J connectivity index is 2.90. The first-order valence-electron chi connectivity index (χ1n) is 5.24. The van der Waals surface area contributed by atoms with E-state index >= 15 is 0 Å². The second kappa shape index (κ2) is 4.99. The molecule has 1 aromatic rings. The van der Waals surface area contributed by atoms with Gasteiger partial charge in [-0.1, -0.05) is 0 Å². The van der Waals surface area contributed by atoms with Crippen LogP contribution in [0, 0.1) is 13.8 Å². The molecular formula is C12H18N2O2.